The van der Waals surface area contributed by atoms with Crippen LogP contribution < -0.4 is 5.32 Å². The fraction of sp³-hybridized carbons (Fsp3) is 1.00. The van der Waals surface area contributed by atoms with Gasteiger partial charge in [-0.2, -0.15) is 13.2 Å². The normalized spacial score (nSPS) is 17.1. The van der Waals surface area contributed by atoms with Crippen molar-refractivity contribution >= 4 is 0 Å². The predicted molar refractivity (Wildman–Crippen MR) is 44.4 cm³/mol. The molecule has 0 aliphatic carbocycles. The van der Waals surface area contributed by atoms with Crippen LogP contribution in [0.15, 0.2) is 0 Å². The average molecular weight is 199 g/mol. The molecule has 0 aromatic heterocycles. The van der Waals surface area contributed by atoms with Crippen LogP contribution >= 0.6 is 0 Å². The van der Waals surface area contributed by atoms with Crippen LogP contribution in [0.25, 0.3) is 0 Å². The summed E-state index contributed by atoms with van der Waals surface area (Å²) in [6.07, 6.45) is -3.53. The second-order valence-corrected chi connectivity index (χ2v) is 3.54. The second kappa shape index (κ2) is 4.81. The Morgan fingerprint density at radius 2 is 1.77 bits per heavy atom. The molecule has 0 rings (SSSR count). The molecule has 0 aromatic rings. The van der Waals surface area contributed by atoms with Crippen LogP contribution in [0.4, 0.5) is 13.2 Å². The molecule has 1 atom stereocenters. The smallest absolute Gasteiger partial charge is 0.396 e. The van der Waals surface area contributed by atoms with E-state index >= 15 is 0 Å². The first kappa shape index (κ1) is 12.7. The van der Waals surface area contributed by atoms with E-state index in [0.29, 0.717) is 6.42 Å². The number of aliphatic hydroxyl groups excluding tert-OH is 1. The zero-order chi connectivity index (χ0) is 10.5. The minimum Gasteiger partial charge on any atom is -0.396 e. The van der Waals surface area contributed by atoms with Crippen molar-refractivity contribution in [2.45, 2.75) is 26.4 Å². The molecule has 0 amide bonds. The molecule has 0 saturated carbocycles. The minimum atomic E-state index is -4.18. The molecule has 0 bridgehead atoms. The van der Waals surface area contributed by atoms with E-state index in [1.54, 1.807) is 6.92 Å². The van der Waals surface area contributed by atoms with Gasteiger partial charge in [0.2, 0.25) is 0 Å². The third-order valence-electron chi connectivity index (χ3n) is 2.11. The van der Waals surface area contributed by atoms with Gasteiger partial charge in [-0.15, -0.1) is 0 Å². The monoisotopic (exact) mass is 199 g/mol. The van der Waals surface area contributed by atoms with E-state index in [9.17, 15) is 13.2 Å². The maximum absolute atomic E-state index is 11.7. The van der Waals surface area contributed by atoms with Crippen molar-refractivity contribution in [2.75, 3.05) is 19.7 Å². The standard InChI is InChI=1S/C8H16F3NO/c1-3-7(2,6-13)4-12-5-8(9,10)11/h12-13H,3-6H2,1-2H3. The first-order chi connectivity index (χ1) is 5.83. The summed E-state index contributed by atoms with van der Waals surface area (Å²) in [6, 6.07) is 0. The van der Waals surface area contributed by atoms with Crippen molar-refractivity contribution in [1.82, 2.24) is 5.32 Å². The summed E-state index contributed by atoms with van der Waals surface area (Å²) in [5, 5.41) is 11.2. The highest BCUT2D eigenvalue weighted by Gasteiger charge is 2.28. The number of hydrogen-bond donors (Lipinski definition) is 2. The number of halogens is 3. The van der Waals surface area contributed by atoms with Gasteiger partial charge in [-0.1, -0.05) is 13.8 Å². The summed E-state index contributed by atoms with van der Waals surface area (Å²) in [5.41, 5.74) is -0.453. The summed E-state index contributed by atoms with van der Waals surface area (Å²) >= 11 is 0. The molecule has 5 heteroatoms. The summed E-state index contributed by atoms with van der Waals surface area (Å²) < 4.78 is 35.1. The molecule has 0 radical (unpaired) electrons. The summed E-state index contributed by atoms with van der Waals surface area (Å²) in [7, 11) is 0. The van der Waals surface area contributed by atoms with E-state index in [4.69, 9.17) is 5.11 Å². The van der Waals surface area contributed by atoms with Gasteiger partial charge in [0.15, 0.2) is 0 Å². The van der Waals surface area contributed by atoms with Crippen molar-refractivity contribution in [3.63, 3.8) is 0 Å². The van der Waals surface area contributed by atoms with Crippen molar-refractivity contribution in [3.05, 3.63) is 0 Å². The van der Waals surface area contributed by atoms with E-state index in [1.165, 1.54) is 0 Å². The number of aliphatic hydroxyl groups is 1. The fourth-order valence-electron chi connectivity index (χ4n) is 0.799. The summed E-state index contributed by atoms with van der Waals surface area (Å²) in [6.45, 7) is 2.66. The second-order valence-electron chi connectivity index (χ2n) is 3.54. The maximum Gasteiger partial charge on any atom is 0.401 e. The fourth-order valence-corrected chi connectivity index (χ4v) is 0.799. The molecule has 0 aliphatic heterocycles. The van der Waals surface area contributed by atoms with Gasteiger partial charge in [0.1, 0.15) is 0 Å². The predicted octanol–water partition coefficient (Wildman–Crippen LogP) is 1.55. The molecule has 0 fully saturated rings. The first-order valence-corrected chi connectivity index (χ1v) is 4.21. The van der Waals surface area contributed by atoms with Crippen molar-refractivity contribution in [2.24, 2.45) is 5.41 Å². The van der Waals surface area contributed by atoms with Crippen molar-refractivity contribution < 1.29 is 18.3 Å². The molecule has 0 aromatic carbocycles. The molecule has 0 heterocycles. The largest absolute Gasteiger partial charge is 0.401 e. The molecule has 0 saturated heterocycles. The quantitative estimate of drug-likeness (QED) is 0.704. The first-order valence-electron chi connectivity index (χ1n) is 4.21. The Morgan fingerprint density at radius 1 is 1.23 bits per heavy atom. The lowest BCUT2D eigenvalue weighted by atomic mass is 9.89. The lowest BCUT2D eigenvalue weighted by molar-refractivity contribution is -0.126. The number of rotatable bonds is 5. The molecule has 0 spiro atoms. The van der Waals surface area contributed by atoms with Crippen LogP contribution in [0.5, 0.6) is 0 Å². The average Bonchev–Trinajstić information content (AvgIpc) is 2.02. The molecule has 80 valence electrons. The Hall–Kier alpha value is -0.290. The van der Waals surface area contributed by atoms with Crippen LogP contribution in [0.1, 0.15) is 20.3 Å². The Balaban J connectivity index is 3.74. The van der Waals surface area contributed by atoms with Crippen molar-refractivity contribution in [1.29, 1.82) is 0 Å². The zero-order valence-electron chi connectivity index (χ0n) is 7.91. The Kier molecular flexibility index (Phi) is 4.70. The van der Waals surface area contributed by atoms with Gasteiger partial charge in [-0.3, -0.25) is 0 Å². The third kappa shape index (κ3) is 5.87. The van der Waals surface area contributed by atoms with Gasteiger partial charge in [0.25, 0.3) is 0 Å². The molecule has 1 unspecified atom stereocenters. The zero-order valence-corrected chi connectivity index (χ0v) is 7.91. The van der Waals surface area contributed by atoms with Gasteiger partial charge in [-0.25, -0.2) is 0 Å². The van der Waals surface area contributed by atoms with Gasteiger partial charge >= 0.3 is 6.18 Å². The van der Waals surface area contributed by atoms with Crippen molar-refractivity contribution in [3.8, 4) is 0 Å². The highest BCUT2D eigenvalue weighted by molar-refractivity contribution is 4.74. The molecule has 2 nitrogen and oxygen atoms in total. The molecule has 13 heavy (non-hydrogen) atoms. The Morgan fingerprint density at radius 3 is 2.08 bits per heavy atom. The maximum atomic E-state index is 11.7. The third-order valence-corrected chi connectivity index (χ3v) is 2.11. The van der Waals surface area contributed by atoms with Gasteiger partial charge < -0.3 is 10.4 Å². The topological polar surface area (TPSA) is 32.3 Å². The molecular formula is C8H16F3NO. The van der Waals surface area contributed by atoms with Crippen LogP contribution in [0.3, 0.4) is 0 Å². The number of hydrogen-bond acceptors (Lipinski definition) is 2. The molecule has 2 N–H and O–H groups in total. The van der Waals surface area contributed by atoms with E-state index < -0.39 is 18.1 Å². The van der Waals surface area contributed by atoms with E-state index in [0.717, 1.165) is 0 Å². The van der Waals surface area contributed by atoms with Crippen LogP contribution in [0.2, 0.25) is 0 Å². The SMILES string of the molecule is CCC(C)(CO)CNCC(F)(F)F. The van der Waals surface area contributed by atoms with Crippen LogP contribution in [0, 0.1) is 5.41 Å². The molecule has 0 aliphatic rings. The minimum absolute atomic E-state index is 0.103. The van der Waals surface area contributed by atoms with Gasteiger partial charge in [0, 0.05) is 18.6 Å². The highest BCUT2D eigenvalue weighted by Crippen LogP contribution is 2.19. The number of alkyl halides is 3. The lowest BCUT2D eigenvalue weighted by Gasteiger charge is -2.26. The number of nitrogens with one attached hydrogen (secondary N) is 1. The van der Waals surface area contributed by atoms with Crippen LogP contribution in [-0.2, 0) is 0 Å². The van der Waals surface area contributed by atoms with Crippen LogP contribution in [-0.4, -0.2) is 31.0 Å². The van der Waals surface area contributed by atoms with E-state index in [-0.39, 0.29) is 13.2 Å². The van der Waals surface area contributed by atoms with Gasteiger partial charge in [0.05, 0.1) is 6.54 Å². The Bertz CT molecular complexity index is 143. The highest BCUT2D eigenvalue weighted by atomic mass is 19.4. The van der Waals surface area contributed by atoms with E-state index in [1.807, 2.05) is 6.92 Å². The summed E-state index contributed by atoms with van der Waals surface area (Å²) in [4.78, 5) is 0. The summed E-state index contributed by atoms with van der Waals surface area (Å²) in [5.74, 6) is 0. The van der Waals surface area contributed by atoms with Gasteiger partial charge in [-0.05, 0) is 6.42 Å². The van der Waals surface area contributed by atoms with E-state index in [2.05, 4.69) is 5.32 Å². The Labute approximate surface area is 76.1 Å². The molecular weight excluding hydrogens is 183 g/mol. The lowest BCUT2D eigenvalue weighted by Crippen LogP contribution is -2.38.